The van der Waals surface area contributed by atoms with Crippen LogP contribution in [0.15, 0.2) is 12.1 Å². The number of halogens is 2. The van der Waals surface area contributed by atoms with Gasteiger partial charge in [0.05, 0.1) is 0 Å². The Hall–Kier alpha value is -0.990. The van der Waals surface area contributed by atoms with Crippen molar-refractivity contribution < 1.29 is 8.78 Å². The first-order chi connectivity index (χ1) is 5.11. The molecule has 0 aliphatic rings. The summed E-state index contributed by atoms with van der Waals surface area (Å²) in [6, 6.07) is 3.01. The van der Waals surface area contributed by atoms with Gasteiger partial charge in [-0.15, -0.1) is 0 Å². The van der Waals surface area contributed by atoms with Crippen molar-refractivity contribution in [2.75, 3.05) is 0 Å². The zero-order valence-electron chi connectivity index (χ0n) is 6.44. The van der Waals surface area contributed by atoms with Crippen molar-refractivity contribution in [2.45, 2.75) is 20.3 Å². The van der Waals surface area contributed by atoms with Crippen LogP contribution in [0.5, 0.6) is 0 Å². The molecular weight excluding hydrogens is 148 g/mol. The summed E-state index contributed by atoms with van der Waals surface area (Å²) >= 11 is 0. The molecule has 1 aromatic heterocycles. The van der Waals surface area contributed by atoms with Gasteiger partial charge in [-0.3, -0.25) is 4.98 Å². The first kappa shape index (κ1) is 8.11. The average Bonchev–Trinajstić information content (AvgIpc) is 1.94. The van der Waals surface area contributed by atoms with Gasteiger partial charge in [0, 0.05) is 5.69 Å². The van der Waals surface area contributed by atoms with E-state index in [2.05, 4.69) is 4.98 Å². The van der Waals surface area contributed by atoms with E-state index in [0.29, 0.717) is 5.69 Å². The smallest absolute Gasteiger partial charge is 0.252 e. The maximum absolute atomic E-state index is 12.0. The molecule has 60 valence electrons. The molecule has 1 nitrogen and oxygen atoms in total. The van der Waals surface area contributed by atoms with Gasteiger partial charge in [0.25, 0.3) is 6.43 Å². The van der Waals surface area contributed by atoms with Crippen LogP contribution in [0.4, 0.5) is 8.78 Å². The zero-order chi connectivity index (χ0) is 8.43. The Balaban J connectivity index is 3.05. The normalized spacial score (nSPS) is 10.6. The van der Waals surface area contributed by atoms with E-state index in [9.17, 15) is 8.78 Å². The molecule has 0 unspecified atom stereocenters. The maximum atomic E-state index is 12.0. The Morgan fingerprint density at radius 1 is 1.27 bits per heavy atom. The lowest BCUT2D eigenvalue weighted by atomic mass is 10.2. The highest BCUT2D eigenvalue weighted by Crippen LogP contribution is 2.17. The zero-order valence-corrected chi connectivity index (χ0v) is 6.44. The molecule has 3 heteroatoms. The summed E-state index contributed by atoms with van der Waals surface area (Å²) in [5, 5.41) is 0. The molecule has 11 heavy (non-hydrogen) atoms. The van der Waals surface area contributed by atoms with Gasteiger partial charge in [-0.2, -0.15) is 0 Å². The quantitative estimate of drug-likeness (QED) is 0.610. The fraction of sp³-hybridized carbons (Fsp3) is 0.375. The monoisotopic (exact) mass is 157 g/mol. The summed E-state index contributed by atoms with van der Waals surface area (Å²) in [5.41, 5.74) is 1.46. The van der Waals surface area contributed by atoms with Crippen LogP contribution >= 0.6 is 0 Å². The molecule has 0 aromatic carbocycles. The highest BCUT2D eigenvalue weighted by atomic mass is 19.3. The minimum Gasteiger partial charge on any atom is -0.252 e. The van der Waals surface area contributed by atoms with Gasteiger partial charge >= 0.3 is 0 Å². The number of rotatable bonds is 1. The summed E-state index contributed by atoms with van der Waals surface area (Å²) in [5.74, 6) is 0. The molecule has 0 aliphatic carbocycles. The lowest BCUT2D eigenvalue weighted by molar-refractivity contribution is 0.146. The highest BCUT2D eigenvalue weighted by molar-refractivity contribution is 5.20. The van der Waals surface area contributed by atoms with E-state index in [1.54, 1.807) is 13.0 Å². The second-order valence-electron chi connectivity index (χ2n) is 2.44. The largest absolute Gasteiger partial charge is 0.280 e. The van der Waals surface area contributed by atoms with Crippen LogP contribution in [0.1, 0.15) is 23.4 Å². The first-order valence-electron chi connectivity index (χ1n) is 3.33. The van der Waals surface area contributed by atoms with Crippen LogP contribution in [0.3, 0.4) is 0 Å². The van der Waals surface area contributed by atoms with E-state index < -0.39 is 6.43 Å². The molecule has 0 atom stereocenters. The molecule has 0 aliphatic heterocycles. The van der Waals surface area contributed by atoms with Crippen molar-refractivity contribution in [2.24, 2.45) is 0 Å². The van der Waals surface area contributed by atoms with Gasteiger partial charge in [-0.05, 0) is 25.5 Å². The summed E-state index contributed by atoms with van der Waals surface area (Å²) in [7, 11) is 0. The second kappa shape index (κ2) is 2.95. The third-order valence-electron chi connectivity index (χ3n) is 1.60. The predicted molar refractivity (Wildman–Crippen MR) is 38.7 cm³/mol. The maximum Gasteiger partial charge on any atom is 0.280 e. The third kappa shape index (κ3) is 1.73. The Bertz CT molecular complexity index is 258. The number of aromatic nitrogens is 1. The van der Waals surface area contributed by atoms with Crippen molar-refractivity contribution >= 4 is 0 Å². The predicted octanol–water partition coefficient (Wildman–Crippen LogP) is 2.64. The highest BCUT2D eigenvalue weighted by Gasteiger charge is 2.08. The van der Waals surface area contributed by atoms with Crippen molar-refractivity contribution in [3.63, 3.8) is 0 Å². The van der Waals surface area contributed by atoms with Gasteiger partial charge in [0.1, 0.15) is 5.69 Å². The van der Waals surface area contributed by atoms with Crippen LogP contribution in [-0.4, -0.2) is 4.98 Å². The molecule has 0 saturated heterocycles. The van der Waals surface area contributed by atoms with E-state index in [1.807, 2.05) is 6.92 Å². The minimum absolute atomic E-state index is 0.145. The standard InChI is InChI=1S/C8H9F2N/c1-5-3-4-7(8(9)10)11-6(5)2/h3-4,8H,1-2H3. The minimum atomic E-state index is -2.46. The van der Waals surface area contributed by atoms with Gasteiger partial charge in [-0.25, -0.2) is 8.78 Å². The van der Waals surface area contributed by atoms with Gasteiger partial charge in [0.2, 0.25) is 0 Å². The molecule has 0 radical (unpaired) electrons. The fourth-order valence-electron chi connectivity index (χ4n) is 0.772. The van der Waals surface area contributed by atoms with Crippen LogP contribution in [0.25, 0.3) is 0 Å². The van der Waals surface area contributed by atoms with Crippen LogP contribution in [-0.2, 0) is 0 Å². The van der Waals surface area contributed by atoms with Crippen molar-refractivity contribution in [1.82, 2.24) is 4.98 Å². The molecule has 0 spiro atoms. The molecule has 1 aromatic rings. The molecule has 0 bridgehead atoms. The molecule has 1 rings (SSSR count). The second-order valence-corrected chi connectivity index (χ2v) is 2.44. The lowest BCUT2D eigenvalue weighted by Crippen LogP contribution is -1.93. The van der Waals surface area contributed by atoms with Crippen molar-refractivity contribution in [1.29, 1.82) is 0 Å². The van der Waals surface area contributed by atoms with E-state index in [1.165, 1.54) is 6.07 Å². The number of hydrogen-bond donors (Lipinski definition) is 0. The van der Waals surface area contributed by atoms with Gasteiger partial charge in [0.15, 0.2) is 0 Å². The summed E-state index contributed by atoms with van der Waals surface area (Å²) < 4.78 is 24.0. The van der Waals surface area contributed by atoms with E-state index in [0.717, 1.165) is 5.56 Å². The Labute approximate surface area is 64.1 Å². The lowest BCUT2D eigenvalue weighted by Gasteiger charge is -2.01. The van der Waals surface area contributed by atoms with Gasteiger partial charge in [-0.1, -0.05) is 6.07 Å². The molecule has 0 fully saturated rings. The molecule has 0 amide bonds. The van der Waals surface area contributed by atoms with Crippen LogP contribution in [0, 0.1) is 13.8 Å². The van der Waals surface area contributed by atoms with Crippen LogP contribution < -0.4 is 0 Å². The average molecular weight is 157 g/mol. The topological polar surface area (TPSA) is 12.9 Å². The van der Waals surface area contributed by atoms with E-state index in [-0.39, 0.29) is 5.69 Å². The Kier molecular flexibility index (Phi) is 2.17. The first-order valence-corrected chi connectivity index (χ1v) is 3.33. The number of hydrogen-bond acceptors (Lipinski definition) is 1. The number of aryl methyl sites for hydroxylation is 2. The Morgan fingerprint density at radius 3 is 2.36 bits per heavy atom. The van der Waals surface area contributed by atoms with Crippen LogP contribution in [0.2, 0.25) is 0 Å². The fourth-order valence-corrected chi connectivity index (χ4v) is 0.772. The summed E-state index contributed by atoms with van der Waals surface area (Å²) in [6.07, 6.45) is -2.46. The molecule has 0 N–H and O–H groups in total. The Morgan fingerprint density at radius 2 is 1.91 bits per heavy atom. The van der Waals surface area contributed by atoms with E-state index in [4.69, 9.17) is 0 Å². The SMILES string of the molecule is Cc1ccc(C(F)F)nc1C. The van der Waals surface area contributed by atoms with Gasteiger partial charge < -0.3 is 0 Å². The molecular formula is C8H9F2N. The number of alkyl halides is 2. The van der Waals surface area contributed by atoms with Crippen molar-refractivity contribution in [3.8, 4) is 0 Å². The number of nitrogens with zero attached hydrogens (tertiary/aromatic N) is 1. The number of pyridine rings is 1. The third-order valence-corrected chi connectivity index (χ3v) is 1.60. The summed E-state index contributed by atoms with van der Waals surface area (Å²) in [4.78, 5) is 3.72. The molecule has 0 saturated carbocycles. The van der Waals surface area contributed by atoms with Crippen molar-refractivity contribution in [3.05, 3.63) is 29.1 Å². The molecule has 1 heterocycles. The van der Waals surface area contributed by atoms with E-state index >= 15 is 0 Å². The summed E-state index contributed by atoms with van der Waals surface area (Å²) in [6.45, 7) is 3.57.